The van der Waals surface area contributed by atoms with E-state index in [2.05, 4.69) is 0 Å². The number of ether oxygens (including phenoxy) is 1. The number of benzene rings is 1. The first-order chi connectivity index (χ1) is 15.7. The molecule has 3 N–H and O–H groups in total. The normalized spacial score (nSPS) is 19.2. The van der Waals surface area contributed by atoms with E-state index in [1.807, 2.05) is 0 Å². The summed E-state index contributed by atoms with van der Waals surface area (Å²) in [6.07, 6.45) is -4.75. The number of nitrogens with zero attached hydrogens (tertiary/aromatic N) is 3. The third-order valence-electron chi connectivity index (χ3n) is 6.13. The van der Waals surface area contributed by atoms with Crippen LogP contribution in [0.25, 0.3) is 0 Å². The number of halogens is 3. The maximum Gasteiger partial charge on any atom is 0.418 e. The number of amides is 2. The van der Waals surface area contributed by atoms with E-state index in [9.17, 15) is 27.9 Å². The van der Waals surface area contributed by atoms with Crippen molar-refractivity contribution in [2.75, 3.05) is 49.9 Å². The van der Waals surface area contributed by atoms with E-state index in [1.54, 1.807) is 35.5 Å². The Bertz CT molecular complexity index is 900. The van der Waals surface area contributed by atoms with Gasteiger partial charge in [-0.1, -0.05) is 0 Å². The molecule has 11 heteroatoms. The van der Waals surface area contributed by atoms with Crippen molar-refractivity contribution in [2.45, 2.75) is 57.4 Å². The molecule has 1 aromatic carbocycles. The Hall–Kier alpha value is -2.69. The lowest BCUT2D eigenvalue weighted by Gasteiger charge is -2.41. The number of carbonyl (C=O) groups is 2. The van der Waals surface area contributed by atoms with Crippen LogP contribution in [0.3, 0.4) is 0 Å². The van der Waals surface area contributed by atoms with Crippen molar-refractivity contribution < 1.29 is 32.6 Å². The Kier molecular flexibility index (Phi) is 7.26. The van der Waals surface area contributed by atoms with E-state index in [-0.39, 0.29) is 49.6 Å². The highest BCUT2D eigenvalue weighted by Gasteiger charge is 2.40. The average molecular weight is 487 g/mol. The number of piperidine rings is 1. The molecule has 0 bridgehead atoms. The molecule has 0 atom stereocenters. The largest absolute Gasteiger partial charge is 0.444 e. The number of nitrogen functional groups attached to an aromatic ring is 1. The van der Waals surface area contributed by atoms with Crippen LogP contribution < -0.4 is 10.6 Å². The van der Waals surface area contributed by atoms with Crippen molar-refractivity contribution in [1.82, 2.24) is 9.80 Å². The Morgan fingerprint density at radius 3 is 2.12 bits per heavy atom. The van der Waals surface area contributed by atoms with Gasteiger partial charge in [0.2, 0.25) is 5.91 Å². The molecule has 0 aromatic heterocycles. The van der Waals surface area contributed by atoms with Crippen LogP contribution >= 0.6 is 0 Å². The molecule has 2 fully saturated rings. The SMILES string of the molecule is CC(C)(C)OC(=O)N1CCN(C(=O)CC2(O)CCN(c3ccc(N)cc3C(F)(F)F)CC2)CC1. The number of hydrogen-bond acceptors (Lipinski definition) is 6. The van der Waals surface area contributed by atoms with E-state index < -0.39 is 29.0 Å². The lowest BCUT2D eigenvalue weighted by atomic mass is 9.87. The van der Waals surface area contributed by atoms with Crippen molar-refractivity contribution in [3.05, 3.63) is 23.8 Å². The monoisotopic (exact) mass is 486 g/mol. The molecule has 3 rings (SSSR count). The molecule has 2 heterocycles. The summed E-state index contributed by atoms with van der Waals surface area (Å²) in [6.45, 7) is 7.07. The lowest BCUT2D eigenvalue weighted by molar-refractivity contribution is -0.139. The van der Waals surface area contributed by atoms with Crippen molar-refractivity contribution >= 4 is 23.4 Å². The molecular formula is C23H33F3N4O4. The van der Waals surface area contributed by atoms with Crippen LogP contribution in [0.5, 0.6) is 0 Å². The van der Waals surface area contributed by atoms with Gasteiger partial charge in [0.05, 0.1) is 17.6 Å². The maximum atomic E-state index is 13.5. The molecule has 190 valence electrons. The summed E-state index contributed by atoms with van der Waals surface area (Å²) >= 11 is 0. The predicted molar refractivity (Wildman–Crippen MR) is 121 cm³/mol. The molecule has 1 aromatic rings. The second-order valence-electron chi connectivity index (χ2n) is 10.0. The van der Waals surface area contributed by atoms with Crippen LogP contribution in [0, 0.1) is 0 Å². The number of nitrogens with two attached hydrogens (primary N) is 1. The van der Waals surface area contributed by atoms with Gasteiger partial charge >= 0.3 is 12.3 Å². The Labute approximate surface area is 197 Å². The second kappa shape index (κ2) is 9.52. The maximum absolute atomic E-state index is 13.5. The van der Waals surface area contributed by atoms with Gasteiger partial charge in [0, 0.05) is 50.6 Å². The third-order valence-corrected chi connectivity index (χ3v) is 6.13. The van der Waals surface area contributed by atoms with Gasteiger partial charge in [-0.2, -0.15) is 13.2 Å². The van der Waals surface area contributed by atoms with Crippen molar-refractivity contribution in [3.63, 3.8) is 0 Å². The fourth-order valence-corrected chi connectivity index (χ4v) is 4.26. The number of piperazine rings is 1. The number of hydrogen-bond donors (Lipinski definition) is 2. The van der Waals surface area contributed by atoms with Gasteiger partial charge in [-0.25, -0.2) is 4.79 Å². The Balaban J connectivity index is 1.54. The van der Waals surface area contributed by atoms with E-state index in [4.69, 9.17) is 10.5 Å². The standard InChI is InChI=1S/C23H33F3N4O4/c1-21(2,3)34-20(32)30-12-10-29(11-13-30)19(31)15-22(33)6-8-28(9-7-22)18-5-4-16(27)14-17(18)23(24,25)26/h4-5,14,33H,6-13,15,27H2,1-3H3. The van der Waals surface area contributed by atoms with Gasteiger partial charge in [0.1, 0.15) is 5.60 Å². The Morgan fingerprint density at radius 1 is 1.03 bits per heavy atom. The predicted octanol–water partition coefficient (Wildman–Crippen LogP) is 3.09. The van der Waals surface area contributed by atoms with E-state index >= 15 is 0 Å². The minimum atomic E-state index is -4.55. The summed E-state index contributed by atoms with van der Waals surface area (Å²) in [6, 6.07) is 3.68. The zero-order valence-corrected chi connectivity index (χ0v) is 19.8. The summed E-state index contributed by atoms with van der Waals surface area (Å²) in [5.74, 6) is -0.233. The third kappa shape index (κ3) is 6.46. The fraction of sp³-hybridized carbons (Fsp3) is 0.652. The molecule has 0 spiro atoms. The van der Waals surface area contributed by atoms with Crippen LogP contribution in [0.1, 0.15) is 45.6 Å². The molecule has 8 nitrogen and oxygen atoms in total. The lowest BCUT2D eigenvalue weighted by Crippen LogP contribution is -2.53. The number of carbonyl (C=O) groups excluding carboxylic acids is 2. The minimum absolute atomic E-state index is 0.0216. The van der Waals surface area contributed by atoms with Gasteiger partial charge in [-0.15, -0.1) is 0 Å². The van der Waals surface area contributed by atoms with Gasteiger partial charge in [-0.05, 0) is 51.8 Å². The highest BCUT2D eigenvalue weighted by Crippen LogP contribution is 2.40. The first-order valence-electron chi connectivity index (χ1n) is 11.4. The molecule has 0 unspecified atom stereocenters. The second-order valence-corrected chi connectivity index (χ2v) is 10.0. The summed E-state index contributed by atoms with van der Waals surface area (Å²) in [5.41, 5.74) is 2.90. The Morgan fingerprint density at radius 2 is 1.59 bits per heavy atom. The highest BCUT2D eigenvalue weighted by atomic mass is 19.4. The molecule has 34 heavy (non-hydrogen) atoms. The van der Waals surface area contributed by atoms with Gasteiger partial charge in [-0.3, -0.25) is 4.79 Å². The smallest absolute Gasteiger partial charge is 0.418 e. The van der Waals surface area contributed by atoms with Crippen molar-refractivity contribution in [3.8, 4) is 0 Å². The molecular weight excluding hydrogens is 453 g/mol. The molecule has 2 amide bonds. The van der Waals surface area contributed by atoms with Crippen LogP contribution in [0.2, 0.25) is 0 Å². The number of aliphatic hydroxyl groups is 1. The fourth-order valence-electron chi connectivity index (χ4n) is 4.26. The van der Waals surface area contributed by atoms with Gasteiger partial charge in [0.25, 0.3) is 0 Å². The van der Waals surface area contributed by atoms with E-state index in [1.165, 1.54) is 12.1 Å². The average Bonchev–Trinajstić information content (AvgIpc) is 2.72. The summed E-state index contributed by atoms with van der Waals surface area (Å²) in [4.78, 5) is 29.7. The summed E-state index contributed by atoms with van der Waals surface area (Å²) in [5, 5.41) is 11.0. The van der Waals surface area contributed by atoms with Crippen LogP contribution in [-0.2, 0) is 15.7 Å². The minimum Gasteiger partial charge on any atom is -0.444 e. The van der Waals surface area contributed by atoms with Crippen molar-refractivity contribution in [2.24, 2.45) is 0 Å². The topological polar surface area (TPSA) is 99.3 Å². The molecule has 2 aliphatic heterocycles. The number of alkyl halides is 3. The number of rotatable bonds is 3. The summed E-state index contributed by atoms with van der Waals surface area (Å²) < 4.78 is 45.7. The van der Waals surface area contributed by atoms with E-state index in [0.29, 0.717) is 26.2 Å². The van der Waals surface area contributed by atoms with Crippen LogP contribution in [0.4, 0.5) is 29.3 Å². The number of anilines is 2. The first-order valence-corrected chi connectivity index (χ1v) is 11.4. The van der Waals surface area contributed by atoms with Crippen LogP contribution in [0.15, 0.2) is 18.2 Å². The molecule has 0 saturated carbocycles. The van der Waals surface area contributed by atoms with Gasteiger partial charge < -0.3 is 30.3 Å². The van der Waals surface area contributed by atoms with Crippen LogP contribution in [-0.4, -0.2) is 77.4 Å². The highest BCUT2D eigenvalue weighted by molar-refractivity contribution is 5.78. The summed E-state index contributed by atoms with van der Waals surface area (Å²) in [7, 11) is 0. The molecule has 0 aliphatic carbocycles. The molecule has 2 aliphatic rings. The zero-order valence-electron chi connectivity index (χ0n) is 19.8. The van der Waals surface area contributed by atoms with Crippen molar-refractivity contribution in [1.29, 1.82) is 0 Å². The van der Waals surface area contributed by atoms with E-state index in [0.717, 1.165) is 6.07 Å². The molecule has 0 radical (unpaired) electrons. The molecule has 2 saturated heterocycles. The zero-order chi connectivity index (χ0) is 25.3. The van der Waals surface area contributed by atoms with Gasteiger partial charge in [0.15, 0.2) is 0 Å². The first kappa shape index (κ1) is 25.9. The quantitative estimate of drug-likeness (QED) is 0.637.